The Bertz CT molecular complexity index is 480. The fraction of sp³-hybridized carbons (Fsp3) is 0.250. The van der Waals surface area contributed by atoms with Crippen molar-refractivity contribution in [3.63, 3.8) is 0 Å². The molecule has 17 heavy (non-hydrogen) atoms. The van der Waals surface area contributed by atoms with Gasteiger partial charge >= 0.3 is 5.97 Å². The van der Waals surface area contributed by atoms with Gasteiger partial charge in [-0.05, 0) is 36.6 Å². The van der Waals surface area contributed by atoms with Crippen molar-refractivity contribution in [2.24, 2.45) is 0 Å². The maximum atomic E-state index is 11.2. The second-order valence-electron chi connectivity index (χ2n) is 3.50. The summed E-state index contributed by atoms with van der Waals surface area (Å²) in [5, 5.41) is 0. The van der Waals surface area contributed by atoms with Crippen molar-refractivity contribution in [3.8, 4) is 5.75 Å². The first-order valence-electron chi connectivity index (χ1n) is 5.00. The second kappa shape index (κ2) is 5.75. The van der Waals surface area contributed by atoms with Gasteiger partial charge < -0.3 is 9.29 Å². The predicted molar refractivity (Wildman–Crippen MR) is 65.4 cm³/mol. The van der Waals surface area contributed by atoms with E-state index in [1.54, 1.807) is 13.0 Å². The molecule has 0 heterocycles. The summed E-state index contributed by atoms with van der Waals surface area (Å²) in [5.41, 5.74) is 1.35. The molecule has 0 amide bonds. The largest absolute Gasteiger partial charge is 0.426 e. The third kappa shape index (κ3) is 3.25. The molecule has 1 atom stereocenters. The summed E-state index contributed by atoms with van der Waals surface area (Å²) in [7, 11) is 0. The Morgan fingerprint density at radius 2 is 2.24 bits per heavy atom. The number of carbonyl (C=O) groups is 1. The third-order valence-electron chi connectivity index (χ3n) is 2.30. The van der Waals surface area contributed by atoms with Crippen LogP contribution in [0.5, 0.6) is 5.75 Å². The summed E-state index contributed by atoms with van der Waals surface area (Å²) < 4.78 is 25.3. The molecule has 1 N–H and O–H groups in total. The van der Waals surface area contributed by atoms with Gasteiger partial charge in [0.15, 0.2) is 11.1 Å². The van der Waals surface area contributed by atoms with Crippen LogP contribution < -0.4 is 4.74 Å². The lowest BCUT2D eigenvalue weighted by Gasteiger charge is -2.12. The van der Waals surface area contributed by atoms with E-state index in [2.05, 4.69) is 6.58 Å². The topological polar surface area (TPSA) is 63.6 Å². The molecule has 1 aromatic rings. The Balaban J connectivity index is 3.31. The van der Waals surface area contributed by atoms with Gasteiger partial charge in [-0.2, -0.15) is 0 Å². The van der Waals surface area contributed by atoms with Crippen LogP contribution in [0, 0.1) is 6.92 Å². The molecular formula is C12H14O4S. The van der Waals surface area contributed by atoms with Gasteiger partial charge in [-0.3, -0.25) is 4.79 Å². The van der Waals surface area contributed by atoms with Crippen LogP contribution in [0.15, 0.2) is 29.7 Å². The lowest BCUT2D eigenvalue weighted by molar-refractivity contribution is -0.131. The van der Waals surface area contributed by atoms with Crippen molar-refractivity contribution in [2.75, 3.05) is 0 Å². The quantitative estimate of drug-likeness (QED) is 0.387. The summed E-state index contributed by atoms with van der Waals surface area (Å²) in [4.78, 5) is 11.2. The second-order valence-corrected chi connectivity index (χ2v) is 4.44. The summed E-state index contributed by atoms with van der Waals surface area (Å²) in [6.45, 7) is 6.65. The smallest absolute Gasteiger partial charge is 0.308 e. The van der Waals surface area contributed by atoms with Crippen molar-refractivity contribution in [1.82, 2.24) is 0 Å². The van der Waals surface area contributed by atoms with Gasteiger partial charge in [0.2, 0.25) is 0 Å². The molecule has 0 fully saturated rings. The van der Waals surface area contributed by atoms with Gasteiger partial charge in [0.1, 0.15) is 5.75 Å². The molecule has 0 spiro atoms. The van der Waals surface area contributed by atoms with Gasteiger partial charge in [-0.25, -0.2) is 4.21 Å². The van der Waals surface area contributed by atoms with Crippen LogP contribution in [0.25, 0.3) is 0 Å². The number of rotatable bonds is 4. The lowest BCUT2D eigenvalue weighted by Crippen LogP contribution is -2.06. The van der Waals surface area contributed by atoms with Crippen molar-refractivity contribution in [2.45, 2.75) is 25.2 Å². The lowest BCUT2D eigenvalue weighted by atomic mass is 10.0. The molecule has 0 bridgehead atoms. The Morgan fingerprint density at radius 3 is 2.71 bits per heavy atom. The maximum Gasteiger partial charge on any atom is 0.308 e. The van der Waals surface area contributed by atoms with Crippen molar-refractivity contribution in [1.29, 1.82) is 0 Å². The first kappa shape index (κ1) is 13.6. The van der Waals surface area contributed by atoms with Crippen LogP contribution in [0.4, 0.5) is 0 Å². The molecule has 1 unspecified atom stereocenters. The Kier molecular flexibility index (Phi) is 4.60. The molecule has 0 aliphatic heterocycles. The van der Waals surface area contributed by atoms with Gasteiger partial charge in [-0.1, -0.05) is 6.08 Å². The number of esters is 1. The standard InChI is InChI=1S/C12H14O4S/c1-4-5-10-8(2)11(16-9(3)13)6-7-12(10)17(14)15/h4,6-7H,1,5H2,2-3H3,(H,14,15). The van der Waals surface area contributed by atoms with Crippen LogP contribution in [0.2, 0.25) is 0 Å². The third-order valence-corrected chi connectivity index (χ3v) is 3.05. The average Bonchev–Trinajstić information content (AvgIpc) is 2.23. The van der Waals surface area contributed by atoms with Gasteiger partial charge in [0, 0.05) is 6.92 Å². The van der Waals surface area contributed by atoms with Crippen LogP contribution in [0.1, 0.15) is 18.1 Å². The first-order chi connectivity index (χ1) is 7.97. The molecule has 0 radical (unpaired) electrons. The molecule has 0 aliphatic carbocycles. The molecule has 4 nitrogen and oxygen atoms in total. The zero-order valence-corrected chi connectivity index (χ0v) is 10.5. The normalized spacial score (nSPS) is 11.9. The van der Waals surface area contributed by atoms with E-state index in [4.69, 9.17) is 9.29 Å². The van der Waals surface area contributed by atoms with E-state index in [1.807, 2.05) is 0 Å². The number of hydrogen-bond donors (Lipinski definition) is 1. The summed E-state index contributed by atoms with van der Waals surface area (Å²) in [5.74, 6) is -0.0147. The Morgan fingerprint density at radius 1 is 1.59 bits per heavy atom. The summed E-state index contributed by atoms with van der Waals surface area (Å²) in [6.07, 6.45) is 2.08. The van der Waals surface area contributed by atoms with E-state index in [0.29, 0.717) is 28.2 Å². The van der Waals surface area contributed by atoms with E-state index in [9.17, 15) is 9.00 Å². The Hall–Kier alpha value is -1.46. The van der Waals surface area contributed by atoms with E-state index in [1.165, 1.54) is 19.1 Å². The van der Waals surface area contributed by atoms with Crippen LogP contribution in [-0.4, -0.2) is 14.7 Å². The highest BCUT2D eigenvalue weighted by Crippen LogP contribution is 2.27. The van der Waals surface area contributed by atoms with E-state index in [-0.39, 0.29) is 0 Å². The van der Waals surface area contributed by atoms with Crippen LogP contribution in [0.3, 0.4) is 0 Å². The minimum Gasteiger partial charge on any atom is -0.426 e. The SMILES string of the molecule is C=CCc1c(S(=O)O)ccc(OC(C)=O)c1C. The number of allylic oxidation sites excluding steroid dienone is 1. The highest BCUT2D eigenvalue weighted by atomic mass is 32.2. The average molecular weight is 254 g/mol. The molecule has 0 saturated heterocycles. The van der Waals surface area contributed by atoms with Gasteiger partial charge in [0.25, 0.3) is 0 Å². The predicted octanol–water partition coefficient (Wildman–Crippen LogP) is 2.23. The fourth-order valence-corrected chi connectivity index (χ4v) is 2.17. The van der Waals surface area contributed by atoms with E-state index < -0.39 is 17.0 Å². The van der Waals surface area contributed by atoms with Gasteiger partial charge in [0.05, 0.1) is 4.90 Å². The minimum absolute atomic E-state index is 0.318. The monoisotopic (exact) mass is 254 g/mol. The highest BCUT2D eigenvalue weighted by Gasteiger charge is 2.14. The molecule has 1 rings (SSSR count). The molecule has 1 aromatic carbocycles. The maximum absolute atomic E-state index is 11.2. The number of hydrogen-bond acceptors (Lipinski definition) is 3. The summed E-state index contributed by atoms with van der Waals surface area (Å²) >= 11 is -2.06. The highest BCUT2D eigenvalue weighted by molar-refractivity contribution is 7.79. The van der Waals surface area contributed by atoms with Crippen molar-refractivity contribution >= 4 is 17.0 Å². The zero-order chi connectivity index (χ0) is 13.0. The van der Waals surface area contributed by atoms with Crippen molar-refractivity contribution in [3.05, 3.63) is 35.9 Å². The molecule has 0 aromatic heterocycles. The molecular weight excluding hydrogens is 240 g/mol. The number of benzene rings is 1. The van der Waals surface area contributed by atoms with E-state index in [0.717, 1.165) is 0 Å². The number of carbonyl (C=O) groups excluding carboxylic acids is 1. The van der Waals surface area contributed by atoms with E-state index >= 15 is 0 Å². The molecule has 0 saturated carbocycles. The minimum atomic E-state index is -2.06. The Labute approximate surface area is 103 Å². The van der Waals surface area contributed by atoms with Gasteiger partial charge in [-0.15, -0.1) is 6.58 Å². The van der Waals surface area contributed by atoms with Crippen molar-refractivity contribution < 1.29 is 18.3 Å². The molecule has 0 aliphatic rings. The van der Waals surface area contributed by atoms with Crippen LogP contribution >= 0.6 is 0 Å². The zero-order valence-electron chi connectivity index (χ0n) is 9.73. The number of ether oxygens (including phenoxy) is 1. The first-order valence-corrected chi connectivity index (χ1v) is 6.10. The van der Waals surface area contributed by atoms with Crippen LogP contribution in [-0.2, 0) is 22.3 Å². The molecule has 92 valence electrons. The fourth-order valence-electron chi connectivity index (χ4n) is 1.54. The molecule has 5 heteroatoms. The summed E-state index contributed by atoms with van der Waals surface area (Å²) in [6, 6.07) is 3.01.